The molecule has 27 heavy (non-hydrogen) atoms. The number of hydrogen-bond acceptors (Lipinski definition) is 4. The molecule has 1 saturated heterocycles. The number of carbonyl (C=O) groups is 1. The van der Waals surface area contributed by atoms with Crippen LogP contribution in [0.5, 0.6) is 0 Å². The minimum absolute atomic E-state index is 0.0771. The minimum atomic E-state index is -0.0771. The number of pyridine rings is 1. The maximum Gasteiger partial charge on any atom is 0.252 e. The zero-order valence-corrected chi connectivity index (χ0v) is 16.1. The average Bonchev–Trinajstić information content (AvgIpc) is 2.72. The van der Waals surface area contributed by atoms with Crippen molar-refractivity contribution in [1.29, 1.82) is 0 Å². The predicted molar refractivity (Wildman–Crippen MR) is 108 cm³/mol. The van der Waals surface area contributed by atoms with Crippen LogP contribution in [0.1, 0.15) is 35.2 Å². The third-order valence-electron chi connectivity index (χ3n) is 5.13. The van der Waals surface area contributed by atoms with E-state index in [-0.39, 0.29) is 5.91 Å². The predicted octanol–water partition coefficient (Wildman–Crippen LogP) is 3.31. The van der Waals surface area contributed by atoms with E-state index in [0.29, 0.717) is 18.7 Å². The second kappa shape index (κ2) is 10.1. The highest BCUT2D eigenvalue weighted by Gasteiger charge is 2.20. The third kappa shape index (κ3) is 5.79. The molecule has 1 aromatic heterocycles. The number of aromatic nitrogens is 1. The second-order valence-electron chi connectivity index (χ2n) is 7.13. The van der Waals surface area contributed by atoms with Crippen molar-refractivity contribution in [3.8, 4) is 0 Å². The van der Waals surface area contributed by atoms with Crippen LogP contribution in [-0.4, -0.2) is 44.2 Å². The highest BCUT2D eigenvalue weighted by Crippen LogP contribution is 2.24. The molecule has 0 aliphatic carbocycles. The Kier molecular flexibility index (Phi) is 7.22. The number of carbonyl (C=O) groups excluding carboxylic acids is 1. The van der Waals surface area contributed by atoms with Crippen molar-refractivity contribution in [2.24, 2.45) is 5.92 Å². The molecule has 0 saturated carbocycles. The summed E-state index contributed by atoms with van der Waals surface area (Å²) in [4.78, 5) is 18.9. The van der Waals surface area contributed by atoms with Gasteiger partial charge in [-0.1, -0.05) is 30.3 Å². The molecule has 0 atom stereocenters. The van der Waals surface area contributed by atoms with Gasteiger partial charge in [0, 0.05) is 39.5 Å². The van der Waals surface area contributed by atoms with E-state index in [1.54, 1.807) is 13.3 Å². The highest BCUT2D eigenvalue weighted by atomic mass is 16.5. The number of benzene rings is 1. The van der Waals surface area contributed by atoms with E-state index >= 15 is 0 Å². The van der Waals surface area contributed by atoms with Crippen molar-refractivity contribution in [3.63, 3.8) is 0 Å². The Bertz CT molecular complexity index is 695. The normalized spacial score (nSPS) is 14.9. The maximum absolute atomic E-state index is 12.1. The lowest BCUT2D eigenvalue weighted by Crippen LogP contribution is -2.35. The first-order valence-corrected chi connectivity index (χ1v) is 9.78. The van der Waals surface area contributed by atoms with Crippen LogP contribution in [0.15, 0.2) is 48.7 Å². The van der Waals surface area contributed by atoms with Crippen molar-refractivity contribution in [1.82, 2.24) is 10.3 Å². The van der Waals surface area contributed by atoms with Gasteiger partial charge in [0.15, 0.2) is 0 Å². The van der Waals surface area contributed by atoms with Crippen LogP contribution < -0.4 is 10.2 Å². The van der Waals surface area contributed by atoms with Gasteiger partial charge in [0.2, 0.25) is 0 Å². The number of piperidine rings is 1. The molecule has 1 aliphatic heterocycles. The van der Waals surface area contributed by atoms with E-state index in [1.807, 2.05) is 12.1 Å². The molecule has 1 aliphatic rings. The van der Waals surface area contributed by atoms with Gasteiger partial charge in [0.05, 0.1) is 5.56 Å². The van der Waals surface area contributed by atoms with Gasteiger partial charge in [-0.25, -0.2) is 4.98 Å². The Morgan fingerprint density at radius 3 is 2.63 bits per heavy atom. The summed E-state index contributed by atoms with van der Waals surface area (Å²) in [5.74, 6) is 1.62. The molecule has 1 amide bonds. The molecular formula is C22H29N3O2. The van der Waals surface area contributed by atoms with Gasteiger partial charge in [0.1, 0.15) is 5.82 Å². The van der Waals surface area contributed by atoms with Gasteiger partial charge in [-0.15, -0.1) is 0 Å². The number of amides is 1. The zero-order chi connectivity index (χ0) is 18.9. The molecule has 0 radical (unpaired) electrons. The molecule has 1 fully saturated rings. The fourth-order valence-electron chi connectivity index (χ4n) is 3.54. The number of methoxy groups -OCH3 is 1. The molecule has 3 rings (SSSR count). The zero-order valence-electron chi connectivity index (χ0n) is 16.1. The topological polar surface area (TPSA) is 54.5 Å². The van der Waals surface area contributed by atoms with E-state index in [2.05, 4.69) is 45.5 Å². The van der Waals surface area contributed by atoms with Crippen LogP contribution in [0.25, 0.3) is 0 Å². The molecule has 144 valence electrons. The Balaban J connectivity index is 1.46. The SMILES string of the molecule is COCCCNC(=O)c1ccc(N2CCC(Cc3ccccc3)CC2)nc1. The van der Waals surface area contributed by atoms with E-state index in [1.165, 1.54) is 18.4 Å². The lowest BCUT2D eigenvalue weighted by molar-refractivity contribution is 0.0948. The van der Waals surface area contributed by atoms with Gasteiger partial charge in [-0.2, -0.15) is 0 Å². The number of anilines is 1. The standard InChI is InChI=1S/C22H29N3O2/c1-27-15-5-12-23-22(26)20-8-9-21(24-17-20)25-13-10-19(11-14-25)16-18-6-3-2-4-7-18/h2-4,6-9,17,19H,5,10-16H2,1H3,(H,23,26). The van der Waals surface area contributed by atoms with Gasteiger partial charge in [-0.3, -0.25) is 4.79 Å². The largest absolute Gasteiger partial charge is 0.385 e. The molecule has 5 heteroatoms. The first kappa shape index (κ1) is 19.4. The Morgan fingerprint density at radius 1 is 1.19 bits per heavy atom. The number of nitrogens with one attached hydrogen (secondary N) is 1. The summed E-state index contributed by atoms with van der Waals surface area (Å²) in [6.07, 6.45) is 6.00. The van der Waals surface area contributed by atoms with Crippen molar-refractivity contribution in [2.45, 2.75) is 25.7 Å². The molecule has 0 spiro atoms. The van der Waals surface area contributed by atoms with E-state index in [4.69, 9.17) is 4.74 Å². The molecule has 2 heterocycles. The van der Waals surface area contributed by atoms with Gasteiger partial charge in [-0.05, 0) is 49.3 Å². The van der Waals surface area contributed by atoms with Crippen molar-refractivity contribution in [3.05, 3.63) is 59.8 Å². The maximum atomic E-state index is 12.1. The van der Waals surface area contributed by atoms with Crippen LogP contribution >= 0.6 is 0 Å². The molecule has 1 N–H and O–H groups in total. The molecule has 1 aromatic carbocycles. The quantitative estimate of drug-likeness (QED) is 0.728. The summed E-state index contributed by atoms with van der Waals surface area (Å²) in [5.41, 5.74) is 2.03. The van der Waals surface area contributed by atoms with Crippen LogP contribution in [0.4, 0.5) is 5.82 Å². The Labute approximate surface area is 161 Å². The first-order chi connectivity index (χ1) is 13.3. The lowest BCUT2D eigenvalue weighted by atomic mass is 9.90. The molecular weight excluding hydrogens is 338 g/mol. The molecule has 5 nitrogen and oxygen atoms in total. The summed E-state index contributed by atoms with van der Waals surface area (Å²) in [7, 11) is 1.66. The van der Waals surface area contributed by atoms with E-state index in [9.17, 15) is 4.79 Å². The highest BCUT2D eigenvalue weighted by molar-refractivity contribution is 5.94. The molecule has 2 aromatic rings. The fourth-order valence-corrected chi connectivity index (χ4v) is 3.54. The average molecular weight is 367 g/mol. The summed E-state index contributed by atoms with van der Waals surface area (Å²) < 4.78 is 4.98. The monoisotopic (exact) mass is 367 g/mol. The number of hydrogen-bond donors (Lipinski definition) is 1. The second-order valence-corrected chi connectivity index (χ2v) is 7.13. The molecule has 0 unspecified atom stereocenters. The lowest BCUT2D eigenvalue weighted by Gasteiger charge is -2.33. The summed E-state index contributed by atoms with van der Waals surface area (Å²) in [6, 6.07) is 14.6. The molecule has 0 bridgehead atoms. The van der Waals surface area contributed by atoms with Crippen LogP contribution in [0.3, 0.4) is 0 Å². The Hall–Kier alpha value is -2.40. The van der Waals surface area contributed by atoms with Crippen molar-refractivity contribution >= 4 is 11.7 Å². The summed E-state index contributed by atoms with van der Waals surface area (Å²) in [6.45, 7) is 3.31. The van der Waals surface area contributed by atoms with Crippen LogP contribution in [-0.2, 0) is 11.2 Å². The Morgan fingerprint density at radius 2 is 1.96 bits per heavy atom. The van der Waals surface area contributed by atoms with Gasteiger partial charge >= 0.3 is 0 Å². The van der Waals surface area contributed by atoms with Crippen LogP contribution in [0.2, 0.25) is 0 Å². The van der Waals surface area contributed by atoms with Crippen LogP contribution in [0, 0.1) is 5.92 Å². The third-order valence-corrected chi connectivity index (χ3v) is 5.13. The summed E-state index contributed by atoms with van der Waals surface area (Å²) >= 11 is 0. The van der Waals surface area contributed by atoms with E-state index in [0.717, 1.165) is 37.7 Å². The fraction of sp³-hybridized carbons (Fsp3) is 0.455. The van der Waals surface area contributed by atoms with Gasteiger partial charge in [0.25, 0.3) is 5.91 Å². The van der Waals surface area contributed by atoms with Crippen molar-refractivity contribution in [2.75, 3.05) is 38.3 Å². The number of nitrogens with zero attached hydrogens (tertiary/aromatic N) is 2. The van der Waals surface area contributed by atoms with Crippen molar-refractivity contribution < 1.29 is 9.53 Å². The first-order valence-electron chi connectivity index (χ1n) is 9.78. The smallest absolute Gasteiger partial charge is 0.252 e. The minimum Gasteiger partial charge on any atom is -0.385 e. The van der Waals surface area contributed by atoms with E-state index < -0.39 is 0 Å². The van der Waals surface area contributed by atoms with Gasteiger partial charge < -0.3 is 15.0 Å². The number of rotatable bonds is 8. The summed E-state index contributed by atoms with van der Waals surface area (Å²) in [5, 5.41) is 2.89. The number of ether oxygens (including phenoxy) is 1.